The minimum Gasteiger partial charge on any atom is -0.378 e. The van der Waals surface area contributed by atoms with Crippen molar-refractivity contribution in [2.45, 2.75) is 39.2 Å². The molecule has 2 N–H and O–H groups in total. The molecule has 3 rings (SSSR count). The van der Waals surface area contributed by atoms with E-state index in [1.807, 2.05) is 30.2 Å². The largest absolute Gasteiger partial charge is 0.378 e. The lowest BCUT2D eigenvalue weighted by Crippen LogP contribution is -2.41. The fourth-order valence-electron chi connectivity index (χ4n) is 3.33. The van der Waals surface area contributed by atoms with Crippen molar-refractivity contribution in [2.75, 3.05) is 26.2 Å². The zero-order valence-corrected chi connectivity index (χ0v) is 18.2. The van der Waals surface area contributed by atoms with E-state index in [2.05, 4.69) is 9.55 Å². The topological polar surface area (TPSA) is 73.4 Å². The second-order valence-corrected chi connectivity index (χ2v) is 7.31. The Balaban J connectivity index is 0.00000182. The maximum atomic E-state index is 13.0. The molecular weight excluding hydrogens is 407 g/mol. The normalized spacial score (nSPS) is 14.6. The minimum absolute atomic E-state index is 0. The molecule has 1 fully saturated rings. The third kappa shape index (κ3) is 5.45. The van der Waals surface area contributed by atoms with Crippen molar-refractivity contribution in [2.24, 2.45) is 5.73 Å². The summed E-state index contributed by atoms with van der Waals surface area (Å²) in [5.41, 5.74) is 8.26. The summed E-state index contributed by atoms with van der Waals surface area (Å²) in [6.07, 6.45) is 4.71. The molecule has 0 spiro atoms. The van der Waals surface area contributed by atoms with E-state index in [9.17, 15) is 4.79 Å². The van der Waals surface area contributed by atoms with Gasteiger partial charge in [0.05, 0.1) is 11.7 Å². The number of amides is 1. The van der Waals surface area contributed by atoms with Gasteiger partial charge in [-0.25, -0.2) is 4.98 Å². The van der Waals surface area contributed by atoms with Gasteiger partial charge in [0.1, 0.15) is 0 Å². The van der Waals surface area contributed by atoms with Gasteiger partial charge in [-0.15, -0.1) is 36.2 Å². The fraction of sp³-hybridized carbons (Fsp3) is 0.556. The van der Waals surface area contributed by atoms with Crippen LogP contribution in [0.15, 0.2) is 17.6 Å². The van der Waals surface area contributed by atoms with Gasteiger partial charge < -0.3 is 15.4 Å². The summed E-state index contributed by atoms with van der Waals surface area (Å²) in [6.45, 7) is 6.86. The van der Waals surface area contributed by atoms with Crippen molar-refractivity contribution in [3.8, 4) is 5.13 Å². The van der Waals surface area contributed by atoms with E-state index >= 15 is 0 Å². The molecule has 1 aliphatic rings. The van der Waals surface area contributed by atoms with Crippen LogP contribution in [-0.2, 0) is 4.74 Å². The number of likely N-dealkylation sites (tertiary alicyclic amines) is 1. The van der Waals surface area contributed by atoms with Crippen LogP contribution in [-0.4, -0.2) is 52.7 Å². The molecule has 0 unspecified atom stereocenters. The van der Waals surface area contributed by atoms with E-state index in [0.717, 1.165) is 54.4 Å². The van der Waals surface area contributed by atoms with E-state index in [4.69, 9.17) is 10.5 Å². The molecular formula is C18H28Cl2N4O2S. The van der Waals surface area contributed by atoms with Crippen molar-refractivity contribution in [3.05, 3.63) is 34.6 Å². The van der Waals surface area contributed by atoms with Gasteiger partial charge in [0.2, 0.25) is 0 Å². The second kappa shape index (κ2) is 11.0. The smallest absolute Gasteiger partial charge is 0.255 e. The maximum absolute atomic E-state index is 13.0. The number of hydrogen-bond donors (Lipinski definition) is 1. The monoisotopic (exact) mass is 434 g/mol. The molecule has 27 heavy (non-hydrogen) atoms. The molecule has 0 saturated carbocycles. The van der Waals surface area contributed by atoms with Crippen LogP contribution in [0.4, 0.5) is 0 Å². The summed E-state index contributed by atoms with van der Waals surface area (Å²) < 4.78 is 7.88. The zero-order chi connectivity index (χ0) is 17.8. The number of thiazole rings is 1. The number of ether oxygens (including phenoxy) is 1. The van der Waals surface area contributed by atoms with Crippen molar-refractivity contribution < 1.29 is 9.53 Å². The van der Waals surface area contributed by atoms with E-state index in [1.54, 1.807) is 17.5 Å². The SMILES string of the molecule is Cc1cc(C(=O)N2CCC(OCCCN)CC2)c(C)n1-c1nccs1.Cl.Cl. The molecule has 0 aliphatic carbocycles. The van der Waals surface area contributed by atoms with Crippen LogP contribution in [0.25, 0.3) is 5.13 Å². The fourth-order valence-corrected chi connectivity index (χ4v) is 4.08. The first-order valence-corrected chi connectivity index (χ1v) is 9.69. The molecule has 9 heteroatoms. The highest BCUT2D eigenvalue weighted by Gasteiger charge is 2.27. The van der Waals surface area contributed by atoms with Gasteiger partial charge in [0.15, 0.2) is 5.13 Å². The molecule has 0 bridgehead atoms. The third-order valence-corrected chi connectivity index (χ3v) is 5.46. The van der Waals surface area contributed by atoms with Crippen LogP contribution in [0, 0.1) is 13.8 Å². The van der Waals surface area contributed by atoms with Crippen molar-refractivity contribution >= 4 is 42.1 Å². The van der Waals surface area contributed by atoms with E-state index in [0.29, 0.717) is 13.2 Å². The predicted molar refractivity (Wildman–Crippen MR) is 114 cm³/mol. The van der Waals surface area contributed by atoms with Crippen LogP contribution >= 0.6 is 36.2 Å². The average molecular weight is 435 g/mol. The highest BCUT2D eigenvalue weighted by molar-refractivity contribution is 7.12. The van der Waals surface area contributed by atoms with Crippen molar-refractivity contribution in [3.63, 3.8) is 0 Å². The Labute approximate surface area is 176 Å². The lowest BCUT2D eigenvalue weighted by Gasteiger charge is -2.32. The van der Waals surface area contributed by atoms with E-state index in [-0.39, 0.29) is 36.8 Å². The maximum Gasteiger partial charge on any atom is 0.255 e. The summed E-state index contributed by atoms with van der Waals surface area (Å²) in [5, 5.41) is 2.85. The molecule has 1 amide bonds. The van der Waals surface area contributed by atoms with Gasteiger partial charge in [-0.1, -0.05) is 0 Å². The minimum atomic E-state index is 0. The Morgan fingerprint density at radius 3 is 2.63 bits per heavy atom. The van der Waals surface area contributed by atoms with Gasteiger partial charge in [-0.3, -0.25) is 9.36 Å². The highest BCUT2D eigenvalue weighted by atomic mass is 35.5. The zero-order valence-electron chi connectivity index (χ0n) is 15.7. The molecule has 2 aromatic rings. The van der Waals surface area contributed by atoms with Gasteiger partial charge in [0.25, 0.3) is 5.91 Å². The number of halogens is 2. The molecule has 0 radical (unpaired) electrons. The quantitative estimate of drug-likeness (QED) is 0.707. The number of carbonyl (C=O) groups excluding carboxylic acids is 1. The van der Waals surface area contributed by atoms with E-state index < -0.39 is 0 Å². The molecule has 1 aliphatic heterocycles. The van der Waals surface area contributed by atoms with Gasteiger partial charge in [-0.2, -0.15) is 0 Å². The number of hydrogen-bond acceptors (Lipinski definition) is 5. The van der Waals surface area contributed by atoms with Gasteiger partial charge in [0, 0.05) is 42.7 Å². The first kappa shape index (κ1) is 23.9. The van der Waals surface area contributed by atoms with Gasteiger partial charge >= 0.3 is 0 Å². The highest BCUT2D eigenvalue weighted by Crippen LogP contribution is 2.24. The number of carbonyl (C=O) groups is 1. The van der Waals surface area contributed by atoms with Crippen LogP contribution in [0.2, 0.25) is 0 Å². The lowest BCUT2D eigenvalue weighted by atomic mass is 10.1. The Morgan fingerprint density at radius 2 is 2.04 bits per heavy atom. The Morgan fingerprint density at radius 1 is 1.33 bits per heavy atom. The Hall–Kier alpha value is -1.12. The van der Waals surface area contributed by atoms with E-state index in [1.165, 1.54) is 0 Å². The molecule has 2 aromatic heterocycles. The molecule has 6 nitrogen and oxygen atoms in total. The summed E-state index contributed by atoms with van der Waals surface area (Å²) in [4.78, 5) is 19.3. The number of aromatic nitrogens is 2. The molecule has 0 atom stereocenters. The molecule has 3 heterocycles. The van der Waals surface area contributed by atoms with Crippen LogP contribution < -0.4 is 5.73 Å². The third-order valence-electron chi connectivity index (χ3n) is 4.70. The standard InChI is InChI=1S/C18H26N4O2S.2ClH/c1-13-12-16(14(2)22(13)18-20-7-11-25-18)17(23)21-8-4-15(5-9-21)24-10-3-6-19;;/h7,11-12,15H,3-6,8-10,19H2,1-2H3;2*1H. The molecule has 0 aromatic carbocycles. The number of piperidine rings is 1. The number of nitrogens with two attached hydrogens (primary N) is 1. The Bertz CT molecular complexity index is 713. The summed E-state index contributed by atoms with van der Waals surface area (Å²) in [6, 6.07) is 1.98. The summed E-state index contributed by atoms with van der Waals surface area (Å²) in [5.74, 6) is 0.108. The average Bonchev–Trinajstić information content (AvgIpc) is 3.23. The number of rotatable bonds is 6. The first-order valence-electron chi connectivity index (χ1n) is 8.81. The summed E-state index contributed by atoms with van der Waals surface area (Å²) in [7, 11) is 0. The van der Waals surface area contributed by atoms with Crippen LogP contribution in [0.5, 0.6) is 0 Å². The first-order chi connectivity index (χ1) is 12.1. The lowest BCUT2D eigenvalue weighted by molar-refractivity contribution is 0.00843. The molecule has 152 valence electrons. The van der Waals surface area contributed by atoms with Crippen LogP contribution in [0.3, 0.4) is 0 Å². The van der Waals surface area contributed by atoms with Crippen LogP contribution in [0.1, 0.15) is 41.0 Å². The number of aryl methyl sites for hydroxylation is 1. The van der Waals surface area contributed by atoms with Gasteiger partial charge in [-0.05, 0) is 45.7 Å². The summed E-state index contributed by atoms with van der Waals surface area (Å²) >= 11 is 1.58. The van der Waals surface area contributed by atoms with Crippen molar-refractivity contribution in [1.29, 1.82) is 0 Å². The predicted octanol–water partition coefficient (Wildman–Crippen LogP) is 3.36. The number of nitrogens with zero attached hydrogens (tertiary/aromatic N) is 3. The second-order valence-electron chi connectivity index (χ2n) is 6.44. The Kier molecular flexibility index (Phi) is 9.76. The van der Waals surface area contributed by atoms with Crippen molar-refractivity contribution in [1.82, 2.24) is 14.5 Å². The molecule has 1 saturated heterocycles.